The number of benzene rings is 2. The summed E-state index contributed by atoms with van der Waals surface area (Å²) < 4.78 is 5.10. The molecule has 2 aromatic rings. The van der Waals surface area contributed by atoms with E-state index in [2.05, 4.69) is 4.90 Å². The van der Waals surface area contributed by atoms with Crippen LogP contribution in [0.15, 0.2) is 48.5 Å². The smallest absolute Gasteiger partial charge is 0.339 e. The molecule has 1 aliphatic heterocycles. The van der Waals surface area contributed by atoms with Crippen LogP contribution in [-0.2, 0) is 9.53 Å². The zero-order valence-corrected chi connectivity index (χ0v) is 15.5. The second-order valence-corrected chi connectivity index (χ2v) is 6.49. The molecule has 0 spiro atoms. The van der Waals surface area contributed by atoms with Crippen LogP contribution in [0.25, 0.3) is 0 Å². The Hall–Kier alpha value is -3.42. The zero-order valence-electron chi connectivity index (χ0n) is 15.5. The highest BCUT2D eigenvalue weighted by Gasteiger charge is 2.24. The molecule has 8 nitrogen and oxygen atoms in total. The number of carbonyl (C=O) groups is 2. The van der Waals surface area contributed by atoms with Gasteiger partial charge in [0.05, 0.1) is 10.5 Å². The van der Waals surface area contributed by atoms with Gasteiger partial charge in [-0.25, -0.2) is 4.79 Å². The van der Waals surface area contributed by atoms with Gasteiger partial charge in [-0.05, 0) is 25.1 Å². The molecule has 2 aromatic carbocycles. The summed E-state index contributed by atoms with van der Waals surface area (Å²) in [6, 6.07) is 14.2. The van der Waals surface area contributed by atoms with Crippen LogP contribution in [0, 0.1) is 17.0 Å². The summed E-state index contributed by atoms with van der Waals surface area (Å²) in [5, 5.41) is 11.0. The molecular weight excluding hydrogens is 362 g/mol. The van der Waals surface area contributed by atoms with Gasteiger partial charge < -0.3 is 14.5 Å². The molecule has 1 aliphatic rings. The third-order valence-corrected chi connectivity index (χ3v) is 4.80. The standard InChI is InChI=1S/C20H21N3O5/c1-15-17(8-5-9-18(15)23(26)27)20(25)28-14-19(24)22-12-10-21(11-13-22)16-6-3-2-4-7-16/h2-9H,10-14H2,1H3. The van der Waals surface area contributed by atoms with E-state index in [1.807, 2.05) is 30.3 Å². The molecule has 8 heteroatoms. The fourth-order valence-corrected chi connectivity index (χ4v) is 3.19. The minimum atomic E-state index is -0.738. The Balaban J connectivity index is 1.53. The molecule has 0 bridgehead atoms. The Bertz CT molecular complexity index is 877. The first-order valence-corrected chi connectivity index (χ1v) is 8.96. The van der Waals surface area contributed by atoms with E-state index in [0.717, 1.165) is 5.69 Å². The summed E-state index contributed by atoms with van der Waals surface area (Å²) in [7, 11) is 0. The highest BCUT2D eigenvalue weighted by atomic mass is 16.6. The van der Waals surface area contributed by atoms with Crippen molar-refractivity contribution in [3.05, 3.63) is 69.8 Å². The van der Waals surface area contributed by atoms with Crippen molar-refractivity contribution in [3.63, 3.8) is 0 Å². The number of ether oxygens (including phenoxy) is 1. The van der Waals surface area contributed by atoms with E-state index in [1.54, 1.807) is 4.90 Å². The van der Waals surface area contributed by atoms with Crippen LogP contribution in [0.5, 0.6) is 0 Å². The molecule has 0 aromatic heterocycles. The summed E-state index contributed by atoms with van der Waals surface area (Å²) in [5.41, 5.74) is 1.28. The lowest BCUT2D eigenvalue weighted by molar-refractivity contribution is -0.385. The van der Waals surface area contributed by atoms with Gasteiger partial charge in [0.1, 0.15) is 0 Å². The first-order valence-electron chi connectivity index (χ1n) is 8.96. The average molecular weight is 383 g/mol. The molecule has 0 aliphatic carbocycles. The molecule has 0 unspecified atom stereocenters. The maximum Gasteiger partial charge on any atom is 0.339 e. The lowest BCUT2D eigenvalue weighted by atomic mass is 10.1. The van der Waals surface area contributed by atoms with E-state index in [9.17, 15) is 19.7 Å². The van der Waals surface area contributed by atoms with E-state index in [4.69, 9.17) is 4.74 Å². The highest BCUT2D eigenvalue weighted by Crippen LogP contribution is 2.22. The topological polar surface area (TPSA) is 93.0 Å². The number of nitro benzene ring substituents is 1. The molecule has 1 heterocycles. The first-order chi connectivity index (χ1) is 13.5. The quantitative estimate of drug-likeness (QED) is 0.447. The fraction of sp³-hybridized carbons (Fsp3) is 0.300. The lowest BCUT2D eigenvalue weighted by Gasteiger charge is -2.36. The number of anilines is 1. The van der Waals surface area contributed by atoms with Crippen LogP contribution in [0.1, 0.15) is 15.9 Å². The predicted molar refractivity (Wildman–Crippen MR) is 103 cm³/mol. The van der Waals surface area contributed by atoms with Crippen molar-refractivity contribution in [1.29, 1.82) is 0 Å². The number of amides is 1. The van der Waals surface area contributed by atoms with Crippen LogP contribution in [-0.4, -0.2) is 54.5 Å². The molecule has 28 heavy (non-hydrogen) atoms. The number of piperazine rings is 1. The highest BCUT2D eigenvalue weighted by molar-refractivity contribution is 5.93. The second kappa shape index (κ2) is 8.51. The van der Waals surface area contributed by atoms with Gasteiger partial charge in [-0.2, -0.15) is 0 Å². The average Bonchev–Trinajstić information content (AvgIpc) is 2.72. The Kier molecular flexibility index (Phi) is 5.88. The fourth-order valence-electron chi connectivity index (χ4n) is 3.19. The van der Waals surface area contributed by atoms with E-state index >= 15 is 0 Å². The number of nitro groups is 1. The maximum absolute atomic E-state index is 12.4. The molecule has 0 radical (unpaired) electrons. The van der Waals surface area contributed by atoms with Crippen LogP contribution in [0.2, 0.25) is 0 Å². The summed E-state index contributed by atoms with van der Waals surface area (Å²) in [5.74, 6) is -1.01. The second-order valence-electron chi connectivity index (χ2n) is 6.49. The summed E-state index contributed by atoms with van der Waals surface area (Å²) in [6.45, 7) is 3.59. The van der Waals surface area contributed by atoms with Gasteiger partial charge in [0.2, 0.25) is 0 Å². The molecule has 1 fully saturated rings. The SMILES string of the molecule is Cc1c(C(=O)OCC(=O)N2CCN(c3ccccc3)CC2)cccc1[N+](=O)[O-]. The normalized spacial score (nSPS) is 13.9. The summed E-state index contributed by atoms with van der Waals surface area (Å²) in [6.07, 6.45) is 0. The van der Waals surface area contributed by atoms with Crippen molar-refractivity contribution < 1.29 is 19.2 Å². The Morgan fingerprint density at radius 1 is 1.04 bits per heavy atom. The predicted octanol–water partition coefficient (Wildman–Crippen LogP) is 2.41. The van der Waals surface area contributed by atoms with Crippen molar-refractivity contribution in [2.75, 3.05) is 37.7 Å². The molecule has 0 N–H and O–H groups in total. The number of para-hydroxylation sites is 1. The molecule has 1 saturated heterocycles. The number of hydrogen-bond donors (Lipinski definition) is 0. The van der Waals surface area contributed by atoms with E-state index in [-0.39, 0.29) is 29.3 Å². The number of carbonyl (C=O) groups excluding carboxylic acids is 2. The van der Waals surface area contributed by atoms with Crippen molar-refractivity contribution in [3.8, 4) is 0 Å². The summed E-state index contributed by atoms with van der Waals surface area (Å²) >= 11 is 0. The van der Waals surface area contributed by atoms with E-state index in [1.165, 1.54) is 25.1 Å². The summed E-state index contributed by atoms with van der Waals surface area (Å²) in [4.78, 5) is 38.9. The number of hydrogen-bond acceptors (Lipinski definition) is 6. The minimum Gasteiger partial charge on any atom is -0.452 e. The third kappa shape index (κ3) is 4.28. The van der Waals surface area contributed by atoms with Gasteiger partial charge in [0.15, 0.2) is 6.61 Å². The van der Waals surface area contributed by atoms with Gasteiger partial charge in [-0.3, -0.25) is 14.9 Å². The maximum atomic E-state index is 12.4. The number of rotatable bonds is 5. The monoisotopic (exact) mass is 383 g/mol. The van der Waals surface area contributed by atoms with Crippen molar-refractivity contribution >= 4 is 23.3 Å². The van der Waals surface area contributed by atoms with Gasteiger partial charge in [-0.1, -0.05) is 24.3 Å². The largest absolute Gasteiger partial charge is 0.452 e. The van der Waals surface area contributed by atoms with E-state index in [0.29, 0.717) is 26.2 Å². The number of nitrogens with zero attached hydrogens (tertiary/aromatic N) is 3. The van der Waals surface area contributed by atoms with Gasteiger partial charge >= 0.3 is 5.97 Å². The van der Waals surface area contributed by atoms with Crippen LogP contribution in [0.3, 0.4) is 0 Å². The minimum absolute atomic E-state index is 0.0934. The first kappa shape index (κ1) is 19.3. The molecule has 1 amide bonds. The van der Waals surface area contributed by atoms with Crippen LogP contribution >= 0.6 is 0 Å². The van der Waals surface area contributed by atoms with Crippen LogP contribution in [0.4, 0.5) is 11.4 Å². The third-order valence-electron chi connectivity index (χ3n) is 4.80. The van der Waals surface area contributed by atoms with Crippen LogP contribution < -0.4 is 4.90 Å². The lowest BCUT2D eigenvalue weighted by Crippen LogP contribution is -2.49. The van der Waals surface area contributed by atoms with E-state index < -0.39 is 10.9 Å². The molecule has 3 rings (SSSR count). The molecule has 0 atom stereocenters. The van der Waals surface area contributed by atoms with Gasteiger partial charge in [0.25, 0.3) is 11.6 Å². The Morgan fingerprint density at radius 2 is 1.71 bits per heavy atom. The van der Waals surface area contributed by atoms with Crippen molar-refractivity contribution in [1.82, 2.24) is 4.90 Å². The molecular formula is C20H21N3O5. The Morgan fingerprint density at radius 3 is 2.36 bits per heavy atom. The van der Waals surface area contributed by atoms with Gasteiger partial charge in [-0.15, -0.1) is 0 Å². The van der Waals surface area contributed by atoms with Crippen molar-refractivity contribution in [2.45, 2.75) is 6.92 Å². The Labute approximate surface area is 162 Å². The number of esters is 1. The molecule has 0 saturated carbocycles. The molecule has 146 valence electrons. The zero-order chi connectivity index (χ0) is 20.1. The van der Waals surface area contributed by atoms with Gasteiger partial charge in [0, 0.05) is 43.5 Å². The van der Waals surface area contributed by atoms with Crippen molar-refractivity contribution in [2.24, 2.45) is 0 Å².